The minimum Gasteiger partial charge on any atom is -0.480 e. The van der Waals surface area contributed by atoms with E-state index < -0.39 is 23.7 Å². The van der Waals surface area contributed by atoms with E-state index in [0.717, 1.165) is 17.9 Å². The van der Waals surface area contributed by atoms with E-state index in [-0.39, 0.29) is 4.08 Å². The summed E-state index contributed by atoms with van der Waals surface area (Å²) in [7, 11) is 0. The SMILES string of the molecule is CC(C)(C)OC(=O)N1CC2(CC1C(=O)O)SCCCS2. The summed E-state index contributed by atoms with van der Waals surface area (Å²) in [4.78, 5) is 25.1. The second-order valence-corrected chi connectivity index (χ2v) is 9.34. The van der Waals surface area contributed by atoms with Crippen molar-refractivity contribution in [2.24, 2.45) is 0 Å². The number of carboxylic acid groups (broad SMARTS) is 1. The number of hydrogen-bond donors (Lipinski definition) is 1. The molecule has 2 fully saturated rings. The lowest BCUT2D eigenvalue weighted by atomic mass is 10.2. The molecule has 2 aliphatic rings. The lowest BCUT2D eigenvalue weighted by molar-refractivity contribution is -0.142. The van der Waals surface area contributed by atoms with Crippen molar-refractivity contribution in [2.75, 3.05) is 18.1 Å². The number of ether oxygens (including phenoxy) is 1. The summed E-state index contributed by atoms with van der Waals surface area (Å²) in [5.74, 6) is 1.11. The van der Waals surface area contributed by atoms with E-state index in [2.05, 4.69) is 0 Å². The van der Waals surface area contributed by atoms with E-state index in [1.165, 1.54) is 4.90 Å². The molecule has 2 aliphatic heterocycles. The number of carbonyl (C=O) groups is 2. The summed E-state index contributed by atoms with van der Waals surface area (Å²) in [6.45, 7) is 5.82. The van der Waals surface area contributed by atoms with Crippen molar-refractivity contribution in [3.63, 3.8) is 0 Å². The maximum atomic E-state index is 12.2. The average molecular weight is 319 g/mol. The Morgan fingerprint density at radius 2 is 1.90 bits per heavy atom. The van der Waals surface area contributed by atoms with Crippen LogP contribution in [0, 0.1) is 0 Å². The number of thioether (sulfide) groups is 2. The highest BCUT2D eigenvalue weighted by Crippen LogP contribution is 2.50. The minimum atomic E-state index is -0.945. The molecule has 7 heteroatoms. The minimum absolute atomic E-state index is 0.168. The van der Waals surface area contributed by atoms with Gasteiger partial charge in [0.05, 0.1) is 4.08 Å². The van der Waals surface area contributed by atoms with Crippen LogP contribution in [-0.4, -0.2) is 55.8 Å². The Kier molecular flexibility index (Phi) is 4.49. The van der Waals surface area contributed by atoms with Crippen LogP contribution in [0.25, 0.3) is 0 Å². The Bertz CT molecular complexity index is 402. The first kappa shape index (κ1) is 15.8. The topological polar surface area (TPSA) is 66.8 Å². The fourth-order valence-electron chi connectivity index (χ4n) is 2.40. The zero-order valence-electron chi connectivity index (χ0n) is 12.0. The molecule has 2 heterocycles. The van der Waals surface area contributed by atoms with Crippen molar-refractivity contribution in [1.29, 1.82) is 0 Å². The molecule has 0 aromatic carbocycles. The number of nitrogens with zero attached hydrogens (tertiary/aromatic N) is 1. The quantitative estimate of drug-likeness (QED) is 0.801. The summed E-state index contributed by atoms with van der Waals surface area (Å²) in [5, 5.41) is 9.38. The van der Waals surface area contributed by atoms with Crippen LogP contribution < -0.4 is 0 Å². The Morgan fingerprint density at radius 1 is 1.30 bits per heavy atom. The van der Waals surface area contributed by atoms with Gasteiger partial charge >= 0.3 is 12.1 Å². The number of aliphatic carboxylic acids is 1. The number of hydrogen-bond acceptors (Lipinski definition) is 5. The van der Waals surface area contributed by atoms with Crippen molar-refractivity contribution in [1.82, 2.24) is 4.90 Å². The second kappa shape index (κ2) is 5.67. The molecule has 0 aliphatic carbocycles. The zero-order valence-corrected chi connectivity index (χ0v) is 13.7. The smallest absolute Gasteiger partial charge is 0.411 e. The molecule has 2 rings (SSSR count). The van der Waals surface area contributed by atoms with Gasteiger partial charge in [-0.05, 0) is 38.7 Å². The van der Waals surface area contributed by atoms with Gasteiger partial charge in [0.25, 0.3) is 0 Å². The van der Waals surface area contributed by atoms with Gasteiger partial charge in [-0.15, -0.1) is 23.5 Å². The van der Waals surface area contributed by atoms with Gasteiger partial charge in [-0.2, -0.15) is 0 Å². The largest absolute Gasteiger partial charge is 0.480 e. The van der Waals surface area contributed by atoms with Gasteiger partial charge in [-0.25, -0.2) is 9.59 Å². The Balaban J connectivity index is 2.13. The predicted molar refractivity (Wildman–Crippen MR) is 81.2 cm³/mol. The maximum absolute atomic E-state index is 12.2. The molecule has 1 amide bonds. The van der Waals surface area contributed by atoms with E-state index in [1.54, 1.807) is 44.3 Å². The normalized spacial score (nSPS) is 25.8. The molecule has 1 unspecified atom stereocenters. The van der Waals surface area contributed by atoms with E-state index in [1.807, 2.05) is 0 Å². The Hall–Kier alpha value is -0.560. The molecule has 1 atom stereocenters. The van der Waals surface area contributed by atoms with Gasteiger partial charge in [0.2, 0.25) is 0 Å². The third-order valence-corrected chi connectivity index (χ3v) is 6.56. The van der Waals surface area contributed by atoms with E-state index >= 15 is 0 Å². The van der Waals surface area contributed by atoms with E-state index in [4.69, 9.17) is 4.74 Å². The molecule has 5 nitrogen and oxygen atoms in total. The number of carbonyl (C=O) groups excluding carboxylic acids is 1. The van der Waals surface area contributed by atoms with E-state index in [0.29, 0.717) is 13.0 Å². The number of amides is 1. The van der Waals surface area contributed by atoms with Crippen LogP contribution in [-0.2, 0) is 9.53 Å². The molecule has 0 radical (unpaired) electrons. The van der Waals surface area contributed by atoms with Crippen molar-refractivity contribution in [3.8, 4) is 0 Å². The summed E-state index contributed by atoms with van der Waals surface area (Å²) in [6.07, 6.45) is 1.12. The van der Waals surface area contributed by atoms with E-state index in [9.17, 15) is 14.7 Å². The highest BCUT2D eigenvalue weighted by molar-refractivity contribution is 8.18. The van der Waals surface area contributed by atoms with Gasteiger partial charge in [0.15, 0.2) is 0 Å². The molecule has 0 aromatic heterocycles. The van der Waals surface area contributed by atoms with Crippen LogP contribution in [0.15, 0.2) is 0 Å². The van der Waals surface area contributed by atoms with Crippen molar-refractivity contribution < 1.29 is 19.4 Å². The molecule has 20 heavy (non-hydrogen) atoms. The van der Waals surface area contributed by atoms with Gasteiger partial charge in [0, 0.05) is 13.0 Å². The van der Waals surface area contributed by atoms with Crippen LogP contribution in [0.5, 0.6) is 0 Å². The lowest BCUT2D eigenvalue weighted by Crippen LogP contribution is -2.43. The molecule has 0 bridgehead atoms. The Labute approximate surface area is 127 Å². The molecule has 1 spiro atoms. The van der Waals surface area contributed by atoms with Crippen LogP contribution in [0.2, 0.25) is 0 Å². The summed E-state index contributed by atoms with van der Waals surface area (Å²) >= 11 is 3.57. The van der Waals surface area contributed by atoms with Crippen molar-refractivity contribution >= 4 is 35.6 Å². The maximum Gasteiger partial charge on any atom is 0.411 e. The standard InChI is InChI=1S/C13H21NO4S2/c1-12(2,3)18-11(17)14-8-13(7-9(14)10(15)16)19-5-4-6-20-13/h9H,4-8H2,1-3H3,(H,15,16). The highest BCUT2D eigenvalue weighted by Gasteiger charge is 2.51. The molecule has 0 aromatic rings. The molecule has 2 saturated heterocycles. The van der Waals surface area contributed by atoms with Crippen molar-refractivity contribution in [3.05, 3.63) is 0 Å². The molecule has 1 N–H and O–H groups in total. The molecular weight excluding hydrogens is 298 g/mol. The second-order valence-electron chi connectivity index (χ2n) is 6.13. The van der Waals surface area contributed by atoms with Gasteiger partial charge < -0.3 is 9.84 Å². The van der Waals surface area contributed by atoms with Crippen LogP contribution in [0.1, 0.15) is 33.6 Å². The highest BCUT2D eigenvalue weighted by atomic mass is 32.2. The summed E-state index contributed by atoms with van der Waals surface area (Å²) < 4.78 is 5.17. The first-order chi connectivity index (χ1) is 9.22. The third kappa shape index (κ3) is 3.55. The van der Waals surface area contributed by atoms with Crippen LogP contribution in [0.4, 0.5) is 4.79 Å². The summed E-state index contributed by atoms with van der Waals surface area (Å²) in [5.41, 5.74) is -0.608. The van der Waals surface area contributed by atoms with Crippen molar-refractivity contribution in [2.45, 2.75) is 49.3 Å². The fraction of sp³-hybridized carbons (Fsp3) is 0.846. The van der Waals surface area contributed by atoms with Crippen LogP contribution in [0.3, 0.4) is 0 Å². The summed E-state index contributed by atoms with van der Waals surface area (Å²) in [6, 6.07) is -0.775. The fourth-order valence-corrected chi connectivity index (χ4v) is 5.75. The lowest BCUT2D eigenvalue weighted by Gasteiger charge is -2.32. The predicted octanol–water partition coefficient (Wildman–Crippen LogP) is 2.65. The van der Waals surface area contributed by atoms with Gasteiger partial charge in [-0.3, -0.25) is 4.90 Å². The number of carboxylic acids is 1. The molecule has 114 valence electrons. The number of likely N-dealkylation sites (tertiary alicyclic amines) is 1. The molecule has 0 saturated carbocycles. The van der Waals surface area contributed by atoms with Gasteiger partial charge in [-0.1, -0.05) is 0 Å². The average Bonchev–Trinajstić information content (AvgIpc) is 2.68. The zero-order chi connectivity index (χ0) is 15.0. The number of rotatable bonds is 1. The third-order valence-electron chi connectivity index (χ3n) is 3.22. The Morgan fingerprint density at radius 3 is 2.40 bits per heavy atom. The van der Waals surface area contributed by atoms with Crippen LogP contribution >= 0.6 is 23.5 Å². The first-order valence-electron chi connectivity index (χ1n) is 6.73. The van der Waals surface area contributed by atoms with Gasteiger partial charge in [0.1, 0.15) is 11.6 Å². The first-order valence-corrected chi connectivity index (χ1v) is 8.70. The molecular formula is C13H21NO4S2. The monoisotopic (exact) mass is 319 g/mol.